The SMILES string of the molecule is OC1(Cc2ccc(Cl)c(F)c2)CCCC(C(F)(F)F)C1. The van der Waals surface area contributed by atoms with Crippen molar-refractivity contribution in [3.63, 3.8) is 0 Å². The van der Waals surface area contributed by atoms with Crippen LogP contribution in [0.1, 0.15) is 31.2 Å². The molecule has 1 fully saturated rings. The largest absolute Gasteiger partial charge is 0.391 e. The van der Waals surface area contributed by atoms with Gasteiger partial charge in [-0.05, 0) is 43.4 Å². The van der Waals surface area contributed by atoms with Crippen LogP contribution in [0.25, 0.3) is 0 Å². The topological polar surface area (TPSA) is 20.2 Å². The third-order valence-corrected chi connectivity index (χ3v) is 4.11. The van der Waals surface area contributed by atoms with Gasteiger partial charge >= 0.3 is 6.18 Å². The van der Waals surface area contributed by atoms with Crippen molar-refractivity contribution in [2.75, 3.05) is 0 Å². The molecule has 0 spiro atoms. The van der Waals surface area contributed by atoms with Crippen LogP contribution in [-0.4, -0.2) is 16.9 Å². The first-order valence-electron chi connectivity index (χ1n) is 6.43. The molecule has 1 nitrogen and oxygen atoms in total. The molecule has 1 saturated carbocycles. The summed E-state index contributed by atoms with van der Waals surface area (Å²) in [4.78, 5) is 0. The van der Waals surface area contributed by atoms with E-state index in [0.717, 1.165) is 6.07 Å². The maximum absolute atomic E-state index is 13.3. The number of alkyl halides is 3. The molecular weight excluding hydrogens is 296 g/mol. The second kappa shape index (κ2) is 5.53. The van der Waals surface area contributed by atoms with Gasteiger partial charge in [0.25, 0.3) is 0 Å². The Morgan fingerprint density at radius 1 is 1.35 bits per heavy atom. The van der Waals surface area contributed by atoms with Crippen molar-refractivity contribution in [1.29, 1.82) is 0 Å². The first-order valence-corrected chi connectivity index (χ1v) is 6.80. The first kappa shape index (κ1) is 15.6. The predicted octanol–water partition coefficient (Wildman–Crippen LogP) is 4.51. The highest BCUT2D eigenvalue weighted by atomic mass is 35.5. The molecular formula is C14H15ClF4O. The van der Waals surface area contributed by atoms with Crippen molar-refractivity contribution < 1.29 is 22.7 Å². The molecule has 0 aromatic heterocycles. The summed E-state index contributed by atoms with van der Waals surface area (Å²) in [6.45, 7) is 0. The maximum atomic E-state index is 13.3. The molecule has 1 aromatic carbocycles. The monoisotopic (exact) mass is 310 g/mol. The number of rotatable bonds is 2. The van der Waals surface area contributed by atoms with Crippen molar-refractivity contribution in [3.8, 4) is 0 Å². The number of hydrogen-bond acceptors (Lipinski definition) is 1. The average Bonchev–Trinajstić information content (AvgIpc) is 2.32. The summed E-state index contributed by atoms with van der Waals surface area (Å²) >= 11 is 5.55. The third kappa shape index (κ3) is 3.64. The normalized spacial score (nSPS) is 27.6. The van der Waals surface area contributed by atoms with Crippen LogP contribution in [-0.2, 0) is 6.42 Å². The Morgan fingerprint density at radius 2 is 2.05 bits per heavy atom. The summed E-state index contributed by atoms with van der Waals surface area (Å²) in [7, 11) is 0. The highest BCUT2D eigenvalue weighted by Gasteiger charge is 2.46. The van der Waals surface area contributed by atoms with Gasteiger partial charge in [-0.25, -0.2) is 4.39 Å². The summed E-state index contributed by atoms with van der Waals surface area (Å²) < 4.78 is 51.6. The second-order valence-electron chi connectivity index (χ2n) is 5.48. The van der Waals surface area contributed by atoms with E-state index in [2.05, 4.69) is 0 Å². The summed E-state index contributed by atoms with van der Waals surface area (Å²) in [6.07, 6.45) is -3.96. The lowest BCUT2D eigenvalue weighted by atomic mass is 9.75. The molecule has 1 aromatic rings. The molecule has 0 aliphatic heterocycles. The zero-order chi connectivity index (χ0) is 15.0. The molecule has 1 aliphatic rings. The fourth-order valence-electron chi connectivity index (χ4n) is 2.81. The minimum absolute atomic E-state index is 0.00761. The zero-order valence-electron chi connectivity index (χ0n) is 10.7. The molecule has 1 aliphatic carbocycles. The highest BCUT2D eigenvalue weighted by Crippen LogP contribution is 2.43. The van der Waals surface area contributed by atoms with Gasteiger partial charge in [0, 0.05) is 6.42 Å². The van der Waals surface area contributed by atoms with E-state index in [1.807, 2.05) is 0 Å². The van der Waals surface area contributed by atoms with Crippen LogP contribution in [0.15, 0.2) is 18.2 Å². The van der Waals surface area contributed by atoms with Gasteiger partial charge in [-0.15, -0.1) is 0 Å². The Morgan fingerprint density at radius 3 is 2.65 bits per heavy atom. The van der Waals surface area contributed by atoms with Gasteiger partial charge in [-0.2, -0.15) is 13.2 Å². The second-order valence-corrected chi connectivity index (χ2v) is 5.89. The highest BCUT2D eigenvalue weighted by molar-refractivity contribution is 6.30. The molecule has 2 atom stereocenters. The summed E-state index contributed by atoms with van der Waals surface area (Å²) in [5.41, 5.74) is -0.976. The molecule has 0 radical (unpaired) electrons. The van der Waals surface area contributed by atoms with Crippen LogP contribution in [0.2, 0.25) is 5.02 Å². The van der Waals surface area contributed by atoms with Gasteiger partial charge in [-0.3, -0.25) is 0 Å². The summed E-state index contributed by atoms with van der Waals surface area (Å²) in [5.74, 6) is -2.12. The Labute approximate surface area is 119 Å². The van der Waals surface area contributed by atoms with E-state index in [4.69, 9.17) is 11.6 Å². The van der Waals surface area contributed by atoms with Crippen LogP contribution in [0.4, 0.5) is 17.6 Å². The third-order valence-electron chi connectivity index (χ3n) is 3.80. The lowest BCUT2D eigenvalue weighted by Gasteiger charge is -2.37. The standard InChI is InChI=1S/C14H15ClF4O/c15-11-4-3-9(6-12(11)16)7-13(20)5-1-2-10(8-13)14(17,18)19/h3-4,6,10,20H,1-2,5,7-8H2. The van der Waals surface area contributed by atoms with Crippen molar-refractivity contribution >= 4 is 11.6 Å². The van der Waals surface area contributed by atoms with Crippen molar-refractivity contribution in [2.24, 2.45) is 5.92 Å². The van der Waals surface area contributed by atoms with E-state index < -0.39 is 23.5 Å². The van der Waals surface area contributed by atoms with E-state index in [0.29, 0.717) is 18.4 Å². The Hall–Kier alpha value is -0.810. The van der Waals surface area contributed by atoms with Crippen LogP contribution in [0.5, 0.6) is 0 Å². The number of halogens is 5. The van der Waals surface area contributed by atoms with Gasteiger partial charge in [0.1, 0.15) is 5.82 Å². The maximum Gasteiger partial charge on any atom is 0.391 e. The van der Waals surface area contributed by atoms with Gasteiger partial charge in [0.15, 0.2) is 0 Å². The van der Waals surface area contributed by atoms with E-state index in [1.54, 1.807) is 0 Å². The van der Waals surface area contributed by atoms with Crippen LogP contribution >= 0.6 is 11.6 Å². The quantitative estimate of drug-likeness (QED) is 0.797. The zero-order valence-corrected chi connectivity index (χ0v) is 11.4. The minimum atomic E-state index is -4.29. The molecule has 2 unspecified atom stereocenters. The smallest absolute Gasteiger partial charge is 0.390 e. The fourth-order valence-corrected chi connectivity index (χ4v) is 2.93. The molecule has 0 saturated heterocycles. The predicted molar refractivity (Wildman–Crippen MR) is 68.1 cm³/mol. The van der Waals surface area contributed by atoms with Crippen LogP contribution in [0, 0.1) is 11.7 Å². The number of hydrogen-bond donors (Lipinski definition) is 1. The molecule has 1 N–H and O–H groups in total. The molecule has 2 rings (SSSR count). The number of aliphatic hydroxyl groups is 1. The average molecular weight is 311 g/mol. The van der Waals surface area contributed by atoms with Crippen molar-refractivity contribution in [1.82, 2.24) is 0 Å². The summed E-state index contributed by atoms with van der Waals surface area (Å²) in [6, 6.07) is 4.04. The van der Waals surface area contributed by atoms with Gasteiger partial charge in [0.2, 0.25) is 0 Å². The fraction of sp³-hybridized carbons (Fsp3) is 0.571. The lowest BCUT2D eigenvalue weighted by molar-refractivity contribution is -0.200. The molecule has 0 amide bonds. The Kier molecular flexibility index (Phi) is 4.30. The van der Waals surface area contributed by atoms with Crippen molar-refractivity contribution in [2.45, 2.75) is 43.9 Å². The molecule has 0 bridgehead atoms. The molecule has 6 heteroatoms. The van der Waals surface area contributed by atoms with Crippen molar-refractivity contribution in [3.05, 3.63) is 34.6 Å². The van der Waals surface area contributed by atoms with Gasteiger partial charge in [-0.1, -0.05) is 17.7 Å². The van der Waals surface area contributed by atoms with Crippen LogP contribution in [0.3, 0.4) is 0 Å². The Balaban J connectivity index is 2.12. The summed E-state index contributed by atoms with van der Waals surface area (Å²) in [5, 5.41) is 10.3. The molecule has 112 valence electrons. The van der Waals surface area contributed by atoms with Crippen LogP contribution < -0.4 is 0 Å². The first-order chi connectivity index (χ1) is 9.20. The molecule has 0 heterocycles. The molecule has 20 heavy (non-hydrogen) atoms. The lowest BCUT2D eigenvalue weighted by Crippen LogP contribution is -2.41. The van der Waals surface area contributed by atoms with E-state index in [-0.39, 0.29) is 24.3 Å². The van der Waals surface area contributed by atoms with Gasteiger partial charge < -0.3 is 5.11 Å². The van der Waals surface area contributed by atoms with E-state index in [1.165, 1.54) is 12.1 Å². The number of benzene rings is 1. The minimum Gasteiger partial charge on any atom is -0.390 e. The Bertz CT molecular complexity index is 489. The van der Waals surface area contributed by atoms with E-state index in [9.17, 15) is 22.7 Å². The van der Waals surface area contributed by atoms with Gasteiger partial charge in [0.05, 0.1) is 16.5 Å². The van der Waals surface area contributed by atoms with E-state index >= 15 is 0 Å².